The highest BCUT2D eigenvalue weighted by atomic mass is 16.6. The van der Waals surface area contributed by atoms with E-state index >= 15 is 0 Å². The van der Waals surface area contributed by atoms with Crippen molar-refractivity contribution in [2.75, 3.05) is 72.5 Å². The number of hydrogen-bond acceptors (Lipinski definition) is 19. The first kappa shape index (κ1) is 66.3. The molecule has 2 bridgehead atoms. The number of nitrogens with zero attached hydrogens (tertiary/aromatic N) is 6. The van der Waals surface area contributed by atoms with E-state index in [1.54, 1.807) is 52.9 Å². The number of rotatable bonds is 8. The normalized spacial score (nSPS) is 35.0. The van der Waals surface area contributed by atoms with Gasteiger partial charge in [-0.05, 0) is 108 Å². The minimum atomic E-state index is -2.48. The zero-order valence-electron chi connectivity index (χ0n) is 51.3. The molecule has 7 rings (SSSR count). The molecule has 84 heavy (non-hydrogen) atoms. The first-order chi connectivity index (χ1) is 40.0. The number of aliphatic hydroxyl groups is 2. The Hall–Kier alpha value is -5.26. The van der Waals surface area contributed by atoms with Gasteiger partial charge in [0.1, 0.15) is 36.2 Å². The highest BCUT2D eigenvalue weighted by Crippen LogP contribution is 2.38. The summed E-state index contributed by atoms with van der Waals surface area (Å²) in [5, 5.41) is 23.7. The molecular weight excluding hydrogens is 1080 g/mol. The number of piperazine rings is 1. The maximum Gasteiger partial charge on any atom is 0.410 e. The molecule has 2 amide bonds. The molecule has 0 radical (unpaired) electrons. The average Bonchev–Trinajstić information content (AvgIpc) is 3.41. The number of aliphatic hydroxyl groups excluding tert-OH is 1. The van der Waals surface area contributed by atoms with Crippen molar-refractivity contribution in [3.8, 4) is 0 Å². The summed E-state index contributed by atoms with van der Waals surface area (Å²) in [7, 11) is 6.60. The molecule has 5 aliphatic heterocycles. The molecule has 3 saturated heterocycles. The van der Waals surface area contributed by atoms with Crippen LogP contribution < -0.4 is 10.6 Å². The largest absolute Gasteiger partial charge is 0.459 e. The number of cyclic esters (lactones) is 1. The fourth-order valence-corrected chi connectivity index (χ4v) is 12.8. The number of likely N-dealkylation sites (N-methyl/N-ethyl adjacent to an activating group) is 1. The van der Waals surface area contributed by atoms with Gasteiger partial charge in [0.25, 0.3) is 11.7 Å². The first-order valence-corrected chi connectivity index (χ1v) is 30.5. The molecule has 6 heterocycles. The van der Waals surface area contributed by atoms with Crippen molar-refractivity contribution in [1.29, 1.82) is 0 Å². The van der Waals surface area contributed by atoms with Crippen molar-refractivity contribution in [2.24, 2.45) is 35.3 Å². The van der Waals surface area contributed by atoms with E-state index in [0.29, 0.717) is 82.4 Å². The van der Waals surface area contributed by atoms with Crippen molar-refractivity contribution < 1.29 is 67.4 Å². The Morgan fingerprint density at radius 2 is 1.61 bits per heavy atom. The molecule has 466 valence electrons. The number of aromatic nitrogens is 2. The quantitative estimate of drug-likeness (QED) is 0.162. The Morgan fingerprint density at radius 1 is 0.857 bits per heavy atom. The molecule has 21 nitrogen and oxygen atoms in total. The SMILES string of the molecule is CO[C@H]1C[C@@H]2CC[C@@H](C)[C@@](O)(O2)C(=O)C(=O)N2CCCC[C@H]2C(=O)O[C@H]([C@H](N)C[C@@H]2CC[C@@H](OC(=O)N3CCc4nc(N5CCN(C)CC5)ncc4C3)[C@H](OC)C2)CC(=O)[C@H](C)/C=C(\C)[C@@H](O)[C@@H](OC)C(=O)C(C)C[C@H](C)/C=C/C=CC=C1C. The third-order valence-electron chi connectivity index (χ3n) is 18.4. The number of piperidine rings is 1. The van der Waals surface area contributed by atoms with Gasteiger partial charge >= 0.3 is 12.1 Å². The summed E-state index contributed by atoms with van der Waals surface area (Å²) in [6.45, 7) is 15.0. The number of esters is 1. The lowest BCUT2D eigenvalue weighted by atomic mass is 9.80. The van der Waals surface area contributed by atoms with E-state index in [1.165, 1.54) is 7.11 Å². The fourth-order valence-electron chi connectivity index (χ4n) is 12.8. The van der Waals surface area contributed by atoms with Crippen molar-refractivity contribution in [2.45, 2.75) is 192 Å². The number of anilines is 1. The summed E-state index contributed by atoms with van der Waals surface area (Å²) >= 11 is 0. The number of carbonyl (C=O) groups excluding carboxylic acids is 6. The van der Waals surface area contributed by atoms with Crippen molar-refractivity contribution in [1.82, 2.24) is 24.7 Å². The summed E-state index contributed by atoms with van der Waals surface area (Å²) < 4.78 is 36.1. The van der Waals surface area contributed by atoms with Crippen LogP contribution in [-0.4, -0.2) is 198 Å². The summed E-state index contributed by atoms with van der Waals surface area (Å²) in [6, 6.07) is -2.16. The molecule has 4 N–H and O–H groups in total. The Labute approximate surface area is 496 Å². The van der Waals surface area contributed by atoms with Crippen LogP contribution in [0.4, 0.5) is 10.7 Å². The van der Waals surface area contributed by atoms with Gasteiger partial charge in [0.2, 0.25) is 11.7 Å². The number of methoxy groups -OCH3 is 3. The van der Waals surface area contributed by atoms with E-state index in [2.05, 4.69) is 21.8 Å². The van der Waals surface area contributed by atoms with Crippen molar-refractivity contribution in [3.05, 3.63) is 65.1 Å². The third-order valence-corrected chi connectivity index (χ3v) is 18.4. The smallest absolute Gasteiger partial charge is 0.410 e. The number of ketones is 3. The molecule has 1 saturated carbocycles. The summed E-state index contributed by atoms with van der Waals surface area (Å²) in [4.78, 5) is 102. The van der Waals surface area contributed by atoms with Crippen LogP contribution in [-0.2, 0) is 65.4 Å². The highest BCUT2D eigenvalue weighted by molar-refractivity contribution is 6.39. The van der Waals surface area contributed by atoms with Gasteiger partial charge in [-0.1, -0.05) is 64.2 Å². The number of carbonyl (C=O) groups is 6. The van der Waals surface area contributed by atoms with Gasteiger partial charge < -0.3 is 64.0 Å². The lowest BCUT2D eigenvalue weighted by Crippen LogP contribution is -2.61. The van der Waals surface area contributed by atoms with E-state index < -0.39 is 102 Å². The molecule has 0 aromatic carbocycles. The number of nitrogens with two attached hydrogens (primary N) is 1. The van der Waals surface area contributed by atoms with E-state index in [0.717, 1.165) is 47.9 Å². The summed E-state index contributed by atoms with van der Waals surface area (Å²) in [5.41, 5.74) is 10.1. The van der Waals surface area contributed by atoms with Crippen LogP contribution in [0.2, 0.25) is 0 Å². The van der Waals surface area contributed by atoms with Crippen LogP contribution in [0.3, 0.4) is 0 Å². The maximum absolute atomic E-state index is 14.7. The summed E-state index contributed by atoms with van der Waals surface area (Å²) in [6.07, 6.45) is 11.3. The van der Waals surface area contributed by atoms with Crippen LogP contribution in [0.5, 0.6) is 0 Å². The predicted molar refractivity (Wildman–Crippen MR) is 314 cm³/mol. The first-order valence-electron chi connectivity index (χ1n) is 30.5. The zero-order chi connectivity index (χ0) is 61.0. The lowest BCUT2D eigenvalue weighted by molar-refractivity contribution is -0.265. The molecule has 21 heteroatoms. The second kappa shape index (κ2) is 30.4. The summed E-state index contributed by atoms with van der Waals surface area (Å²) in [5.74, 6) is -7.73. The van der Waals surface area contributed by atoms with Crippen LogP contribution in [0.25, 0.3) is 0 Å². The van der Waals surface area contributed by atoms with Crippen molar-refractivity contribution >= 4 is 41.3 Å². The zero-order valence-corrected chi connectivity index (χ0v) is 51.3. The highest BCUT2D eigenvalue weighted by Gasteiger charge is 2.53. The number of amides is 2. The Morgan fingerprint density at radius 3 is 2.32 bits per heavy atom. The molecule has 1 unspecified atom stereocenters. The Bertz CT molecular complexity index is 2590. The molecule has 1 aliphatic carbocycles. The van der Waals surface area contributed by atoms with Crippen LogP contribution in [0.15, 0.2) is 53.8 Å². The second-order valence-electron chi connectivity index (χ2n) is 24.7. The van der Waals surface area contributed by atoms with Gasteiger partial charge in [-0.25, -0.2) is 19.6 Å². The minimum absolute atomic E-state index is 0.0115. The topological polar surface area (TPSA) is 263 Å². The van der Waals surface area contributed by atoms with E-state index in [9.17, 15) is 39.0 Å². The molecule has 1 aromatic heterocycles. The predicted octanol–water partition coefficient (Wildman–Crippen LogP) is 5.62. The van der Waals surface area contributed by atoms with Crippen LogP contribution >= 0.6 is 0 Å². The number of ether oxygens (including phenoxy) is 6. The van der Waals surface area contributed by atoms with Gasteiger partial charge in [0, 0.05) is 115 Å². The lowest BCUT2D eigenvalue weighted by Gasteiger charge is -2.42. The van der Waals surface area contributed by atoms with Gasteiger partial charge in [-0.2, -0.15) is 0 Å². The molecular formula is C63H95N7O14. The molecule has 4 fully saturated rings. The standard InChI is InChI=1S/C63H95N7O14/c1-38-16-12-11-13-17-39(2)52(79-8)34-46-21-19-43(6)63(78,84-46)58(74)59(75)70-24-15-14-18-49(70)60(76)82-53(35-50(71)40(3)31-42(5)56(73)57(81-10)55(72)41(4)30-38)47(64)32-44-20-22-51(54(33-44)80-9)83-62(77)69-25-23-48-45(37-69)36-65-61(66-48)68-28-26-67(7)27-29-68/h11-13,16-17,31,36,38,40-41,43-44,46-47,49,51-54,56-57,73,78H,14-15,18-30,32-35,37,64H2,1-10H3/b13-11?,16-12+,39-17?,42-31+/t38-,40-,41?,43-,44+,46+,47-,49+,51-,52+,53+,54-,56-,57+,63-/m1/s1. The van der Waals surface area contributed by atoms with Gasteiger partial charge in [0.05, 0.1) is 30.6 Å². The van der Waals surface area contributed by atoms with Gasteiger partial charge in [-0.15, -0.1) is 0 Å². The van der Waals surface area contributed by atoms with E-state index in [1.807, 2.05) is 50.4 Å². The van der Waals surface area contributed by atoms with Crippen LogP contribution in [0.1, 0.15) is 130 Å². The molecule has 0 spiro atoms. The molecule has 6 aliphatic rings. The molecule has 1 aromatic rings. The average molecular weight is 1170 g/mol. The number of fused-ring (bicyclic) bond motifs is 4. The fraction of sp³-hybridized carbons (Fsp3) is 0.714. The minimum Gasteiger partial charge on any atom is -0.459 e. The molecule has 15 atom stereocenters. The maximum atomic E-state index is 14.7. The number of allylic oxidation sites excluding steroid dienone is 6. The number of hydrogen-bond donors (Lipinski definition) is 3. The Kier molecular flexibility index (Phi) is 24.0. The van der Waals surface area contributed by atoms with Crippen molar-refractivity contribution in [3.63, 3.8) is 0 Å². The third kappa shape index (κ3) is 16.6. The Balaban J connectivity index is 1.09. The van der Waals surface area contributed by atoms with Gasteiger partial charge in [0.15, 0.2) is 5.78 Å². The number of Topliss-reactive ketones (excluding diaryl/α,β-unsaturated/α-hetero) is 3. The second-order valence-corrected chi connectivity index (χ2v) is 24.7. The monoisotopic (exact) mass is 1170 g/mol. The van der Waals surface area contributed by atoms with E-state index in [-0.39, 0.29) is 55.6 Å². The van der Waals surface area contributed by atoms with Crippen LogP contribution in [0, 0.1) is 29.6 Å². The van der Waals surface area contributed by atoms with Gasteiger partial charge in [-0.3, -0.25) is 19.2 Å². The van der Waals surface area contributed by atoms with E-state index in [4.69, 9.17) is 39.1 Å².